The van der Waals surface area contributed by atoms with Crippen molar-refractivity contribution in [3.63, 3.8) is 0 Å². The molecule has 2 aliphatic rings. The third-order valence-electron chi connectivity index (χ3n) is 11.0. The van der Waals surface area contributed by atoms with E-state index in [0.29, 0.717) is 0 Å². The Bertz CT molecular complexity index is 2550. The summed E-state index contributed by atoms with van der Waals surface area (Å²) in [5.74, 6) is 1.60. The molecule has 57 heavy (non-hydrogen) atoms. The predicted octanol–water partition coefficient (Wildman–Crippen LogP) is 13.8. The van der Waals surface area contributed by atoms with E-state index >= 15 is 0 Å². The molecule has 8 aromatic rings. The van der Waals surface area contributed by atoms with Gasteiger partial charge in [0.25, 0.3) is 0 Å². The van der Waals surface area contributed by atoms with Crippen LogP contribution >= 0.6 is 0 Å². The molecule has 4 nitrogen and oxygen atoms in total. The SMILES string of the molecule is Cc1cc(C)cc(N2c3cc(-c4ccccc4)c(-c4ccccc4)cc3O[Si]23Oc2cc(-c4ccccc4)c(-c4ccccc4)cc2N3c2cc(C)cc(C)c2)c1. The van der Waals surface area contributed by atoms with Crippen LogP contribution in [0.25, 0.3) is 44.5 Å². The van der Waals surface area contributed by atoms with Crippen LogP contribution in [0.15, 0.2) is 182 Å². The topological polar surface area (TPSA) is 24.9 Å². The third kappa shape index (κ3) is 5.99. The Balaban J connectivity index is 1.28. The second-order valence-corrected chi connectivity index (χ2v) is 17.7. The number of hydrogen-bond acceptors (Lipinski definition) is 4. The third-order valence-corrected chi connectivity index (χ3v) is 14.1. The van der Waals surface area contributed by atoms with Crippen LogP contribution in [0.5, 0.6) is 11.5 Å². The molecule has 8 aromatic carbocycles. The van der Waals surface area contributed by atoms with E-state index in [0.717, 1.165) is 78.8 Å². The zero-order valence-electron chi connectivity index (χ0n) is 32.5. The van der Waals surface area contributed by atoms with Crippen molar-refractivity contribution < 1.29 is 8.85 Å². The molecule has 0 amide bonds. The van der Waals surface area contributed by atoms with Crippen LogP contribution in [0, 0.1) is 27.7 Å². The van der Waals surface area contributed by atoms with Gasteiger partial charge in [0.2, 0.25) is 0 Å². The largest absolute Gasteiger partial charge is 0.733 e. The molecular formula is C52H42N2O2Si. The summed E-state index contributed by atoms with van der Waals surface area (Å²) >= 11 is 0. The first-order valence-electron chi connectivity index (χ1n) is 19.6. The number of rotatable bonds is 6. The monoisotopic (exact) mass is 754 g/mol. The number of aryl methyl sites for hydroxylation is 4. The van der Waals surface area contributed by atoms with Gasteiger partial charge in [0, 0.05) is 11.4 Å². The van der Waals surface area contributed by atoms with Crippen molar-refractivity contribution in [2.75, 3.05) is 9.13 Å². The van der Waals surface area contributed by atoms with Gasteiger partial charge in [-0.25, -0.2) is 0 Å². The molecule has 0 saturated carbocycles. The van der Waals surface area contributed by atoms with Gasteiger partial charge in [-0.2, -0.15) is 0 Å². The smallest absolute Gasteiger partial charge is 0.478 e. The summed E-state index contributed by atoms with van der Waals surface area (Å²) in [4.78, 5) is 0. The Morgan fingerprint density at radius 2 is 0.614 bits per heavy atom. The molecule has 0 unspecified atom stereocenters. The second kappa shape index (κ2) is 13.7. The molecular weight excluding hydrogens is 713 g/mol. The first-order chi connectivity index (χ1) is 27.8. The Labute approximate surface area is 336 Å². The number of hydrogen-bond donors (Lipinski definition) is 0. The fraction of sp³-hybridized carbons (Fsp3) is 0.0769. The van der Waals surface area contributed by atoms with E-state index in [-0.39, 0.29) is 0 Å². The number of anilines is 4. The number of benzene rings is 8. The minimum atomic E-state index is -3.74. The lowest BCUT2D eigenvalue weighted by atomic mass is 9.93. The maximum absolute atomic E-state index is 7.64. The van der Waals surface area contributed by atoms with E-state index in [4.69, 9.17) is 8.85 Å². The van der Waals surface area contributed by atoms with Crippen molar-refractivity contribution in [3.05, 3.63) is 204 Å². The average Bonchev–Trinajstić information content (AvgIpc) is 3.72. The van der Waals surface area contributed by atoms with Crippen LogP contribution < -0.4 is 18.0 Å². The zero-order valence-corrected chi connectivity index (χ0v) is 33.5. The lowest BCUT2D eigenvalue weighted by Gasteiger charge is -2.36. The summed E-state index contributed by atoms with van der Waals surface area (Å²) in [5, 5.41) is 0. The molecule has 0 aliphatic carbocycles. The fourth-order valence-electron chi connectivity index (χ4n) is 8.73. The van der Waals surface area contributed by atoms with E-state index in [1.807, 2.05) is 0 Å². The van der Waals surface area contributed by atoms with Crippen LogP contribution in [-0.2, 0) is 0 Å². The molecule has 1 spiro atoms. The molecule has 0 atom stereocenters. The number of nitrogens with zero attached hydrogens (tertiary/aromatic N) is 2. The van der Waals surface area contributed by atoms with E-state index in [1.54, 1.807) is 0 Å². The number of fused-ring (bicyclic) bond motifs is 2. The zero-order chi connectivity index (χ0) is 38.7. The highest BCUT2D eigenvalue weighted by molar-refractivity contribution is 6.82. The summed E-state index contributed by atoms with van der Waals surface area (Å²) in [6.07, 6.45) is 0. The van der Waals surface area contributed by atoms with E-state index < -0.39 is 8.88 Å². The second-order valence-electron chi connectivity index (χ2n) is 15.3. The van der Waals surface area contributed by atoms with Gasteiger partial charge in [-0.1, -0.05) is 133 Å². The Kier molecular flexibility index (Phi) is 8.35. The lowest BCUT2D eigenvalue weighted by molar-refractivity contribution is 0.414. The quantitative estimate of drug-likeness (QED) is 0.158. The van der Waals surface area contributed by atoms with Gasteiger partial charge < -0.3 is 8.85 Å². The lowest BCUT2D eigenvalue weighted by Crippen LogP contribution is -2.67. The highest BCUT2D eigenvalue weighted by atomic mass is 28.4. The highest BCUT2D eigenvalue weighted by Gasteiger charge is 2.68. The highest BCUT2D eigenvalue weighted by Crippen LogP contribution is 2.58. The summed E-state index contributed by atoms with van der Waals surface area (Å²) in [6, 6.07) is 65.3. The van der Waals surface area contributed by atoms with Crippen LogP contribution in [0.4, 0.5) is 22.7 Å². The molecule has 0 fully saturated rings. The molecule has 10 rings (SSSR count). The Morgan fingerprint density at radius 1 is 0.333 bits per heavy atom. The molecule has 2 heterocycles. The van der Waals surface area contributed by atoms with Crippen LogP contribution in [0.3, 0.4) is 0 Å². The molecule has 276 valence electrons. The molecule has 0 radical (unpaired) electrons. The van der Waals surface area contributed by atoms with Gasteiger partial charge >= 0.3 is 8.88 Å². The summed E-state index contributed by atoms with van der Waals surface area (Å²) in [6.45, 7) is 8.67. The van der Waals surface area contributed by atoms with Crippen LogP contribution in [-0.4, -0.2) is 8.88 Å². The molecule has 2 aliphatic heterocycles. The standard InChI is InChI=1S/C52H42N2O2Si/c1-35-25-36(2)28-43(27-35)53-49-31-45(39-17-9-5-10-18-39)47(41-21-13-7-14-22-41)33-51(49)55-57(53)54(44-29-37(3)26-38(4)30-44)50-32-46(40-19-11-6-12-20-40)48(34-52(50)56-57)42-23-15-8-16-24-42/h5-34H,1-4H3. The minimum absolute atomic E-state index is 0.799. The van der Waals surface area contributed by atoms with Gasteiger partial charge in [-0.15, -0.1) is 0 Å². The van der Waals surface area contributed by atoms with Crippen molar-refractivity contribution in [2.45, 2.75) is 27.7 Å². The average molecular weight is 755 g/mol. The van der Waals surface area contributed by atoms with Gasteiger partial charge in [-0.05, 0) is 143 Å². The van der Waals surface area contributed by atoms with Crippen LogP contribution in [0.1, 0.15) is 22.3 Å². The Morgan fingerprint density at radius 3 is 0.912 bits per heavy atom. The van der Waals surface area contributed by atoms with Crippen molar-refractivity contribution in [2.24, 2.45) is 0 Å². The summed E-state index contributed by atoms with van der Waals surface area (Å²) in [5.41, 5.74) is 17.8. The Hall–Kier alpha value is -6.82. The van der Waals surface area contributed by atoms with Crippen molar-refractivity contribution >= 4 is 31.6 Å². The predicted molar refractivity (Wildman–Crippen MR) is 238 cm³/mol. The fourth-order valence-corrected chi connectivity index (χ4v) is 12.1. The van der Waals surface area contributed by atoms with Gasteiger partial charge in [-0.3, -0.25) is 9.13 Å². The molecule has 0 bridgehead atoms. The molecule has 5 heteroatoms. The normalized spacial score (nSPS) is 13.6. The maximum Gasteiger partial charge on any atom is 0.733 e. The van der Waals surface area contributed by atoms with E-state index in [1.165, 1.54) is 22.3 Å². The molecule has 0 saturated heterocycles. The maximum atomic E-state index is 7.64. The first-order valence-corrected chi connectivity index (χ1v) is 21.3. The first kappa shape index (κ1) is 34.7. The minimum Gasteiger partial charge on any atom is -0.478 e. The van der Waals surface area contributed by atoms with E-state index in [2.05, 4.69) is 219 Å². The van der Waals surface area contributed by atoms with Gasteiger partial charge in [0.05, 0.1) is 11.4 Å². The van der Waals surface area contributed by atoms with Gasteiger partial charge in [0.15, 0.2) is 0 Å². The summed E-state index contributed by atoms with van der Waals surface area (Å²) in [7, 11) is -3.74. The van der Waals surface area contributed by atoms with Crippen LogP contribution in [0.2, 0.25) is 0 Å². The van der Waals surface area contributed by atoms with Crippen molar-refractivity contribution in [1.29, 1.82) is 0 Å². The van der Waals surface area contributed by atoms with E-state index in [9.17, 15) is 0 Å². The van der Waals surface area contributed by atoms with Crippen molar-refractivity contribution in [3.8, 4) is 56.0 Å². The molecule has 0 N–H and O–H groups in total. The van der Waals surface area contributed by atoms with Gasteiger partial charge in [0.1, 0.15) is 11.5 Å². The molecule has 0 aromatic heterocycles. The summed E-state index contributed by atoms with van der Waals surface area (Å²) < 4.78 is 20.1. The van der Waals surface area contributed by atoms with Crippen molar-refractivity contribution in [1.82, 2.24) is 0 Å².